The fourth-order valence-corrected chi connectivity index (χ4v) is 0.465. The van der Waals surface area contributed by atoms with Crippen LogP contribution < -0.4 is 11.5 Å². The SMILES string of the molecule is C.C.C.C.C.NCCCCCN. The van der Waals surface area contributed by atoms with Crippen molar-refractivity contribution >= 4 is 0 Å². The van der Waals surface area contributed by atoms with Crippen LogP contribution in [0.25, 0.3) is 0 Å². The van der Waals surface area contributed by atoms with Crippen molar-refractivity contribution in [3.8, 4) is 0 Å². The zero-order valence-corrected chi connectivity index (χ0v) is 4.69. The van der Waals surface area contributed by atoms with E-state index >= 15 is 0 Å². The van der Waals surface area contributed by atoms with Gasteiger partial charge >= 0.3 is 0 Å². The monoisotopic (exact) mass is 182 g/mol. The molecular weight excluding hydrogens is 148 g/mol. The Kier molecular flexibility index (Phi) is 150. The van der Waals surface area contributed by atoms with E-state index in [2.05, 4.69) is 0 Å². The first kappa shape index (κ1) is 40.6. The molecule has 4 N–H and O–H groups in total. The minimum Gasteiger partial charge on any atom is -0.330 e. The summed E-state index contributed by atoms with van der Waals surface area (Å²) in [5, 5.41) is 0. The lowest BCUT2D eigenvalue weighted by atomic mass is 10.2. The van der Waals surface area contributed by atoms with Gasteiger partial charge in [0.15, 0.2) is 0 Å². The first-order chi connectivity index (χ1) is 3.41. The summed E-state index contributed by atoms with van der Waals surface area (Å²) in [4.78, 5) is 0. The van der Waals surface area contributed by atoms with Crippen molar-refractivity contribution in [2.24, 2.45) is 11.5 Å². The van der Waals surface area contributed by atoms with Gasteiger partial charge in [-0.3, -0.25) is 0 Å². The van der Waals surface area contributed by atoms with Gasteiger partial charge in [0, 0.05) is 0 Å². The van der Waals surface area contributed by atoms with Crippen LogP contribution in [-0.4, -0.2) is 13.1 Å². The highest BCUT2D eigenvalue weighted by molar-refractivity contribution is 4.41. The van der Waals surface area contributed by atoms with Crippen LogP contribution in [0.1, 0.15) is 56.4 Å². The lowest BCUT2D eigenvalue weighted by Crippen LogP contribution is -2.02. The molecule has 0 spiro atoms. The lowest BCUT2D eigenvalue weighted by molar-refractivity contribution is 0.695. The van der Waals surface area contributed by atoms with Crippen LogP contribution in [0.15, 0.2) is 0 Å². The van der Waals surface area contributed by atoms with Gasteiger partial charge in [-0.2, -0.15) is 0 Å². The van der Waals surface area contributed by atoms with Crippen LogP contribution in [0.5, 0.6) is 0 Å². The maximum absolute atomic E-state index is 5.23. The van der Waals surface area contributed by atoms with Gasteiger partial charge in [0.05, 0.1) is 0 Å². The van der Waals surface area contributed by atoms with Gasteiger partial charge in [-0.05, 0) is 25.9 Å². The van der Waals surface area contributed by atoms with Gasteiger partial charge in [0.2, 0.25) is 0 Å². The molecule has 0 aliphatic carbocycles. The van der Waals surface area contributed by atoms with E-state index in [0.29, 0.717) is 0 Å². The Morgan fingerprint density at radius 1 is 0.500 bits per heavy atom. The van der Waals surface area contributed by atoms with Crippen LogP contribution in [0, 0.1) is 0 Å². The molecule has 0 amide bonds. The van der Waals surface area contributed by atoms with Crippen LogP contribution in [0.4, 0.5) is 0 Å². The van der Waals surface area contributed by atoms with E-state index in [1.54, 1.807) is 0 Å². The van der Waals surface area contributed by atoms with Crippen molar-refractivity contribution < 1.29 is 0 Å². The highest BCUT2D eigenvalue weighted by Crippen LogP contribution is 1.88. The molecule has 84 valence electrons. The molecule has 0 aliphatic rings. The molecule has 0 atom stereocenters. The zero-order valence-electron chi connectivity index (χ0n) is 4.69. The summed E-state index contributed by atoms with van der Waals surface area (Å²) >= 11 is 0. The van der Waals surface area contributed by atoms with E-state index in [1.165, 1.54) is 6.42 Å². The molecule has 0 fully saturated rings. The quantitative estimate of drug-likeness (QED) is 0.656. The molecule has 2 nitrogen and oxygen atoms in total. The predicted octanol–water partition coefficient (Wildman–Crippen LogP) is 3.25. The highest BCUT2D eigenvalue weighted by atomic mass is 14.5. The molecule has 0 aromatic rings. The molecular formula is C10H34N2. The molecule has 0 rings (SSSR count). The molecule has 0 heterocycles. The zero-order chi connectivity index (χ0) is 5.54. The van der Waals surface area contributed by atoms with Crippen LogP contribution in [-0.2, 0) is 0 Å². The first-order valence-electron chi connectivity index (χ1n) is 2.82. The summed E-state index contributed by atoms with van der Waals surface area (Å²) in [5.41, 5.74) is 10.5. The van der Waals surface area contributed by atoms with Crippen molar-refractivity contribution in [1.29, 1.82) is 0 Å². The fourth-order valence-electron chi connectivity index (χ4n) is 0.465. The van der Waals surface area contributed by atoms with Crippen molar-refractivity contribution in [3.05, 3.63) is 0 Å². The van der Waals surface area contributed by atoms with Gasteiger partial charge in [-0.25, -0.2) is 0 Å². The minimum absolute atomic E-state index is 0. The van der Waals surface area contributed by atoms with Gasteiger partial charge in [0.25, 0.3) is 0 Å². The summed E-state index contributed by atoms with van der Waals surface area (Å²) in [6.07, 6.45) is 3.43. The van der Waals surface area contributed by atoms with E-state index < -0.39 is 0 Å². The molecule has 0 aromatic heterocycles. The third-order valence-corrected chi connectivity index (χ3v) is 0.908. The standard InChI is InChI=1S/C5H14N2.5CH4/c6-4-2-1-3-5-7;;;;;/h1-7H2;5*1H4. The van der Waals surface area contributed by atoms with Gasteiger partial charge in [-0.1, -0.05) is 43.6 Å². The molecule has 2 heteroatoms. The minimum atomic E-state index is 0. The van der Waals surface area contributed by atoms with Crippen LogP contribution >= 0.6 is 0 Å². The molecule has 0 saturated carbocycles. The second kappa shape index (κ2) is 44.4. The van der Waals surface area contributed by atoms with Crippen LogP contribution in [0.3, 0.4) is 0 Å². The molecule has 0 aromatic carbocycles. The van der Waals surface area contributed by atoms with Gasteiger partial charge in [0.1, 0.15) is 0 Å². The third kappa shape index (κ3) is 51.4. The average molecular weight is 182 g/mol. The largest absolute Gasteiger partial charge is 0.330 e. The topological polar surface area (TPSA) is 52.0 Å². The Hall–Kier alpha value is -0.0800. The highest BCUT2D eigenvalue weighted by Gasteiger charge is 1.80. The van der Waals surface area contributed by atoms with Crippen LogP contribution in [0.2, 0.25) is 0 Å². The fraction of sp³-hybridized carbons (Fsp3) is 1.00. The van der Waals surface area contributed by atoms with Gasteiger partial charge < -0.3 is 11.5 Å². The van der Waals surface area contributed by atoms with E-state index in [4.69, 9.17) is 11.5 Å². The number of hydrogen-bond acceptors (Lipinski definition) is 2. The lowest BCUT2D eigenvalue weighted by Gasteiger charge is -1.91. The van der Waals surface area contributed by atoms with Crippen molar-refractivity contribution in [2.75, 3.05) is 13.1 Å². The number of unbranched alkanes of at least 4 members (excludes halogenated alkanes) is 2. The Bertz CT molecular complexity index is 27.0. The summed E-state index contributed by atoms with van der Waals surface area (Å²) in [6.45, 7) is 1.61. The number of rotatable bonds is 4. The maximum atomic E-state index is 5.23. The molecule has 0 radical (unpaired) electrons. The summed E-state index contributed by atoms with van der Waals surface area (Å²) in [7, 11) is 0. The molecule has 0 bridgehead atoms. The van der Waals surface area contributed by atoms with Gasteiger partial charge in [-0.15, -0.1) is 0 Å². The second-order valence-electron chi connectivity index (χ2n) is 1.64. The van der Waals surface area contributed by atoms with Crippen molar-refractivity contribution in [2.45, 2.75) is 56.4 Å². The number of nitrogens with two attached hydrogens (primary N) is 2. The summed E-state index contributed by atoms with van der Waals surface area (Å²) in [5.74, 6) is 0. The van der Waals surface area contributed by atoms with Crippen molar-refractivity contribution in [1.82, 2.24) is 0 Å². The number of hydrogen-bond donors (Lipinski definition) is 2. The van der Waals surface area contributed by atoms with E-state index in [9.17, 15) is 0 Å². The Morgan fingerprint density at radius 3 is 0.917 bits per heavy atom. The molecule has 0 aliphatic heterocycles. The second-order valence-corrected chi connectivity index (χ2v) is 1.64. The summed E-state index contributed by atoms with van der Waals surface area (Å²) < 4.78 is 0. The Labute approximate surface area is 81.7 Å². The predicted molar refractivity (Wildman–Crippen MR) is 65.6 cm³/mol. The first-order valence-corrected chi connectivity index (χ1v) is 2.82. The smallest absolute Gasteiger partial charge is 0.00773 e. The average Bonchev–Trinajstić information content (AvgIpc) is 1.69. The Balaban J connectivity index is -0.0000000180. The molecule has 0 unspecified atom stereocenters. The van der Waals surface area contributed by atoms with E-state index in [-0.39, 0.29) is 37.1 Å². The maximum Gasteiger partial charge on any atom is -0.00773 e. The summed E-state index contributed by atoms with van der Waals surface area (Å²) in [6, 6.07) is 0. The molecule has 0 saturated heterocycles. The van der Waals surface area contributed by atoms with E-state index in [0.717, 1.165) is 25.9 Å². The van der Waals surface area contributed by atoms with Crippen molar-refractivity contribution in [3.63, 3.8) is 0 Å². The third-order valence-electron chi connectivity index (χ3n) is 0.908. The molecule has 12 heavy (non-hydrogen) atoms. The normalized spacial score (nSPS) is 5.50. The Morgan fingerprint density at radius 2 is 0.750 bits per heavy atom. The van der Waals surface area contributed by atoms with E-state index in [1.807, 2.05) is 0 Å².